The van der Waals surface area contributed by atoms with Crippen LogP contribution in [-0.2, 0) is 10.0 Å². The molecule has 4 aromatic carbocycles. The molecular formula is C33H33N3O7S. The van der Waals surface area contributed by atoms with E-state index in [1.807, 2.05) is 13.8 Å². The lowest BCUT2D eigenvalue weighted by atomic mass is 10.2. The van der Waals surface area contributed by atoms with Gasteiger partial charge in [0.25, 0.3) is 15.9 Å². The molecule has 0 heterocycles. The van der Waals surface area contributed by atoms with Crippen LogP contribution in [0.5, 0.6) is 17.2 Å². The molecule has 0 spiro atoms. The maximum Gasteiger partial charge on any atom is 0.343 e. The molecule has 2 N–H and O–H groups in total. The zero-order chi connectivity index (χ0) is 31.5. The molecule has 0 aliphatic rings. The van der Waals surface area contributed by atoms with Crippen LogP contribution in [0.3, 0.4) is 0 Å². The van der Waals surface area contributed by atoms with Crippen LogP contribution >= 0.6 is 0 Å². The number of carbonyl (C=O) groups is 2. The number of rotatable bonds is 13. The van der Waals surface area contributed by atoms with Crippen LogP contribution in [0.25, 0.3) is 0 Å². The third-order valence-corrected chi connectivity index (χ3v) is 7.54. The minimum atomic E-state index is -3.76. The topological polar surface area (TPSA) is 132 Å². The number of ether oxygens (including phenoxy) is 3. The predicted molar refractivity (Wildman–Crippen MR) is 168 cm³/mol. The van der Waals surface area contributed by atoms with E-state index in [4.69, 9.17) is 14.2 Å². The van der Waals surface area contributed by atoms with Crippen molar-refractivity contribution in [2.24, 2.45) is 5.10 Å². The van der Waals surface area contributed by atoms with Gasteiger partial charge in [0.2, 0.25) is 0 Å². The van der Waals surface area contributed by atoms with E-state index in [9.17, 15) is 18.0 Å². The van der Waals surface area contributed by atoms with Crippen molar-refractivity contribution in [3.63, 3.8) is 0 Å². The zero-order valence-corrected chi connectivity index (χ0v) is 25.4. The quantitative estimate of drug-likeness (QED) is 0.0820. The number of hydrogen-bond donors (Lipinski definition) is 2. The number of aryl methyl sites for hydroxylation is 1. The van der Waals surface area contributed by atoms with Crippen LogP contribution in [-0.4, -0.2) is 39.7 Å². The van der Waals surface area contributed by atoms with Crippen LogP contribution in [0.1, 0.15) is 52.1 Å². The Morgan fingerprint density at radius 3 is 2.16 bits per heavy atom. The van der Waals surface area contributed by atoms with Crippen molar-refractivity contribution in [1.82, 2.24) is 5.43 Å². The maximum absolute atomic E-state index is 12.7. The van der Waals surface area contributed by atoms with Crippen LogP contribution in [0.2, 0.25) is 0 Å². The van der Waals surface area contributed by atoms with Gasteiger partial charge in [0.15, 0.2) is 11.5 Å². The lowest BCUT2D eigenvalue weighted by Crippen LogP contribution is -2.18. The summed E-state index contributed by atoms with van der Waals surface area (Å²) >= 11 is 0. The molecule has 0 saturated carbocycles. The second kappa shape index (κ2) is 14.8. The Morgan fingerprint density at radius 1 is 0.818 bits per heavy atom. The first-order chi connectivity index (χ1) is 21.2. The first-order valence-electron chi connectivity index (χ1n) is 13.9. The van der Waals surface area contributed by atoms with E-state index >= 15 is 0 Å². The van der Waals surface area contributed by atoms with E-state index in [0.29, 0.717) is 41.5 Å². The zero-order valence-electron chi connectivity index (χ0n) is 24.6. The van der Waals surface area contributed by atoms with Crippen molar-refractivity contribution < 1.29 is 32.2 Å². The molecule has 0 bridgehead atoms. The Hall–Kier alpha value is -5.16. The van der Waals surface area contributed by atoms with Crippen LogP contribution < -0.4 is 24.4 Å². The van der Waals surface area contributed by atoms with Gasteiger partial charge in [-0.2, -0.15) is 5.10 Å². The molecule has 0 unspecified atom stereocenters. The molecule has 11 heteroatoms. The number of nitrogens with zero attached hydrogens (tertiary/aromatic N) is 1. The average Bonchev–Trinajstić information content (AvgIpc) is 3.02. The molecule has 10 nitrogen and oxygen atoms in total. The Balaban J connectivity index is 1.35. The van der Waals surface area contributed by atoms with E-state index < -0.39 is 21.9 Å². The van der Waals surface area contributed by atoms with E-state index in [1.54, 1.807) is 61.5 Å². The van der Waals surface area contributed by atoms with Crippen LogP contribution in [0.15, 0.2) is 101 Å². The lowest BCUT2D eigenvalue weighted by Gasteiger charge is -2.12. The second-order valence-corrected chi connectivity index (χ2v) is 11.3. The van der Waals surface area contributed by atoms with E-state index in [-0.39, 0.29) is 16.2 Å². The van der Waals surface area contributed by atoms with E-state index in [1.165, 1.54) is 42.6 Å². The standard InChI is InChI=1S/C33H33N3O7S/c1-4-20-42-28-15-11-26(12-16-28)33(38)43-30-19-8-24(21-31(30)41-5-2)22-34-35-32(37)25-9-13-27(14-10-25)36-44(39,40)29-17-6-23(3)7-18-29/h6-19,21-22,36H,4-5,20H2,1-3H3,(H,35,37). The van der Waals surface area contributed by atoms with Crippen molar-refractivity contribution in [3.8, 4) is 17.2 Å². The van der Waals surface area contributed by atoms with Gasteiger partial charge in [-0.15, -0.1) is 0 Å². The molecule has 0 saturated heterocycles. The van der Waals surface area contributed by atoms with Crippen molar-refractivity contribution in [3.05, 3.63) is 113 Å². The summed E-state index contributed by atoms with van der Waals surface area (Å²) in [6.07, 6.45) is 2.31. The highest BCUT2D eigenvalue weighted by molar-refractivity contribution is 7.92. The Bertz CT molecular complexity index is 1720. The summed E-state index contributed by atoms with van der Waals surface area (Å²) in [6, 6.07) is 24.0. The van der Waals surface area contributed by atoms with Gasteiger partial charge < -0.3 is 14.2 Å². The van der Waals surface area contributed by atoms with Crippen molar-refractivity contribution in [2.45, 2.75) is 32.1 Å². The summed E-state index contributed by atoms with van der Waals surface area (Å²) < 4.78 is 44.5. The summed E-state index contributed by atoms with van der Waals surface area (Å²) in [7, 11) is -3.76. The SMILES string of the molecule is CCCOc1ccc(C(=O)Oc2ccc(C=NNC(=O)c3ccc(NS(=O)(=O)c4ccc(C)cc4)cc3)cc2OCC)cc1. The molecule has 228 valence electrons. The molecule has 1 amide bonds. The number of anilines is 1. The Kier molecular flexibility index (Phi) is 10.7. The number of amides is 1. The number of benzene rings is 4. The monoisotopic (exact) mass is 615 g/mol. The third kappa shape index (κ3) is 8.68. The van der Waals surface area contributed by atoms with Crippen LogP contribution in [0, 0.1) is 6.92 Å². The first kappa shape index (κ1) is 31.8. The molecule has 44 heavy (non-hydrogen) atoms. The molecule has 0 aliphatic heterocycles. The number of sulfonamides is 1. The fourth-order valence-electron chi connectivity index (χ4n) is 3.87. The summed E-state index contributed by atoms with van der Waals surface area (Å²) in [6.45, 7) is 6.62. The molecule has 4 aromatic rings. The summed E-state index contributed by atoms with van der Waals surface area (Å²) in [5.41, 5.74) is 4.93. The minimum absolute atomic E-state index is 0.140. The third-order valence-electron chi connectivity index (χ3n) is 6.14. The Morgan fingerprint density at radius 2 is 1.50 bits per heavy atom. The van der Waals surface area contributed by atoms with Gasteiger partial charge in [-0.05, 0) is 105 Å². The van der Waals surface area contributed by atoms with Gasteiger partial charge in [-0.3, -0.25) is 9.52 Å². The van der Waals surface area contributed by atoms with Gasteiger partial charge in [-0.1, -0.05) is 24.6 Å². The van der Waals surface area contributed by atoms with Gasteiger partial charge in [0.1, 0.15) is 5.75 Å². The summed E-state index contributed by atoms with van der Waals surface area (Å²) in [5.74, 6) is 0.212. The smallest absolute Gasteiger partial charge is 0.343 e. The lowest BCUT2D eigenvalue weighted by molar-refractivity contribution is 0.0728. The van der Waals surface area contributed by atoms with Crippen molar-refractivity contribution in [1.29, 1.82) is 0 Å². The minimum Gasteiger partial charge on any atom is -0.494 e. The molecular weight excluding hydrogens is 582 g/mol. The normalized spacial score (nSPS) is 11.2. The fourth-order valence-corrected chi connectivity index (χ4v) is 4.93. The van der Waals surface area contributed by atoms with Crippen molar-refractivity contribution >= 4 is 33.8 Å². The largest absolute Gasteiger partial charge is 0.494 e. The Labute approximate surface area is 256 Å². The highest BCUT2D eigenvalue weighted by atomic mass is 32.2. The summed E-state index contributed by atoms with van der Waals surface area (Å²) in [4.78, 5) is 25.4. The highest BCUT2D eigenvalue weighted by Gasteiger charge is 2.15. The molecule has 4 rings (SSSR count). The predicted octanol–water partition coefficient (Wildman–Crippen LogP) is 5.97. The molecule has 0 fully saturated rings. The molecule has 0 radical (unpaired) electrons. The number of carbonyl (C=O) groups excluding carboxylic acids is 2. The number of nitrogens with one attached hydrogen (secondary N) is 2. The van der Waals surface area contributed by atoms with E-state index in [2.05, 4.69) is 15.2 Å². The number of hydrogen-bond acceptors (Lipinski definition) is 8. The van der Waals surface area contributed by atoms with Gasteiger partial charge in [0, 0.05) is 11.3 Å². The number of hydrazone groups is 1. The van der Waals surface area contributed by atoms with Gasteiger partial charge >= 0.3 is 5.97 Å². The van der Waals surface area contributed by atoms with Crippen LogP contribution in [0.4, 0.5) is 5.69 Å². The molecule has 0 atom stereocenters. The molecule has 0 aliphatic carbocycles. The average molecular weight is 616 g/mol. The fraction of sp³-hybridized carbons (Fsp3) is 0.182. The van der Waals surface area contributed by atoms with Gasteiger partial charge in [-0.25, -0.2) is 18.6 Å². The number of esters is 1. The second-order valence-electron chi connectivity index (χ2n) is 9.60. The van der Waals surface area contributed by atoms with Crippen molar-refractivity contribution in [2.75, 3.05) is 17.9 Å². The van der Waals surface area contributed by atoms with Gasteiger partial charge in [0.05, 0.1) is 29.9 Å². The maximum atomic E-state index is 12.7. The first-order valence-corrected chi connectivity index (χ1v) is 15.4. The molecule has 0 aromatic heterocycles. The highest BCUT2D eigenvalue weighted by Crippen LogP contribution is 2.29. The van der Waals surface area contributed by atoms with E-state index in [0.717, 1.165) is 12.0 Å². The summed E-state index contributed by atoms with van der Waals surface area (Å²) in [5, 5.41) is 4.00.